The number of rotatable bonds is 6. The third-order valence-electron chi connectivity index (χ3n) is 4.32. The van der Waals surface area contributed by atoms with Gasteiger partial charge in [0.2, 0.25) is 0 Å². The van der Waals surface area contributed by atoms with Crippen LogP contribution in [0.1, 0.15) is 40.6 Å². The van der Waals surface area contributed by atoms with Crippen molar-refractivity contribution in [3.05, 3.63) is 47.5 Å². The number of hydrogen-bond donors (Lipinski definition) is 2. The zero-order valence-electron chi connectivity index (χ0n) is 13.8. The van der Waals surface area contributed by atoms with Gasteiger partial charge in [-0.1, -0.05) is 6.07 Å². The van der Waals surface area contributed by atoms with Crippen molar-refractivity contribution < 1.29 is 14.6 Å². The van der Waals surface area contributed by atoms with Gasteiger partial charge < -0.3 is 15.2 Å². The highest BCUT2D eigenvalue weighted by Crippen LogP contribution is 2.38. The lowest BCUT2D eigenvalue weighted by molar-refractivity contribution is 0.0234. The number of ether oxygens (including phenoxy) is 1. The Balaban J connectivity index is 1.77. The Kier molecular flexibility index (Phi) is 4.92. The molecule has 24 heavy (non-hydrogen) atoms. The molecule has 3 rings (SSSR count). The van der Waals surface area contributed by atoms with Crippen molar-refractivity contribution >= 4 is 5.91 Å². The number of nitrogens with one attached hydrogen (secondary N) is 1. The van der Waals surface area contributed by atoms with E-state index in [1.807, 2.05) is 19.3 Å². The summed E-state index contributed by atoms with van der Waals surface area (Å²) in [6.45, 7) is 0.363. The SMILES string of the molecule is COCc1cccc(C(=O)N[C@H](c2cnn(C)c2)C2CC(O)C2)n1. The molecule has 0 spiro atoms. The highest BCUT2D eigenvalue weighted by molar-refractivity contribution is 5.92. The molecular weight excluding hydrogens is 308 g/mol. The van der Waals surface area contributed by atoms with Gasteiger partial charge in [0.25, 0.3) is 5.91 Å². The van der Waals surface area contributed by atoms with E-state index in [0.717, 1.165) is 5.56 Å². The van der Waals surface area contributed by atoms with Crippen LogP contribution in [0.15, 0.2) is 30.6 Å². The van der Waals surface area contributed by atoms with Crippen LogP contribution in [0.5, 0.6) is 0 Å². The van der Waals surface area contributed by atoms with E-state index in [9.17, 15) is 9.90 Å². The number of aryl methyl sites for hydroxylation is 1. The number of amides is 1. The van der Waals surface area contributed by atoms with Gasteiger partial charge in [0, 0.05) is 25.9 Å². The summed E-state index contributed by atoms with van der Waals surface area (Å²) in [5.41, 5.74) is 2.01. The third-order valence-corrected chi connectivity index (χ3v) is 4.32. The standard InChI is InChI=1S/C17H22N4O3/c1-21-9-12(8-18-21)16(11-6-14(22)7-11)20-17(23)15-5-3-4-13(19-15)10-24-2/h3-5,8-9,11,14,16,22H,6-7,10H2,1-2H3,(H,20,23)/t11?,14?,16-/m0/s1. The highest BCUT2D eigenvalue weighted by Gasteiger charge is 2.36. The van der Waals surface area contributed by atoms with Gasteiger partial charge in [0.05, 0.1) is 30.6 Å². The molecule has 0 radical (unpaired) electrons. The minimum atomic E-state index is -0.283. The third kappa shape index (κ3) is 3.63. The Bertz CT molecular complexity index is 709. The van der Waals surface area contributed by atoms with Crippen LogP contribution >= 0.6 is 0 Å². The number of hydrogen-bond acceptors (Lipinski definition) is 5. The van der Waals surface area contributed by atoms with Gasteiger partial charge in [-0.25, -0.2) is 4.98 Å². The lowest BCUT2D eigenvalue weighted by Gasteiger charge is -2.37. The fraction of sp³-hybridized carbons (Fsp3) is 0.471. The average molecular weight is 330 g/mol. The lowest BCUT2D eigenvalue weighted by Crippen LogP contribution is -2.41. The van der Waals surface area contributed by atoms with Crippen LogP contribution in [0.4, 0.5) is 0 Å². The van der Waals surface area contributed by atoms with Crippen molar-refractivity contribution in [3.8, 4) is 0 Å². The first-order valence-electron chi connectivity index (χ1n) is 7.99. The van der Waals surface area contributed by atoms with E-state index in [-0.39, 0.29) is 24.0 Å². The molecule has 2 N–H and O–H groups in total. The average Bonchev–Trinajstić information content (AvgIpc) is 2.96. The topological polar surface area (TPSA) is 89.3 Å². The molecule has 2 aromatic heterocycles. The van der Waals surface area contributed by atoms with Crippen molar-refractivity contribution in [1.82, 2.24) is 20.1 Å². The zero-order valence-corrected chi connectivity index (χ0v) is 13.8. The Morgan fingerprint density at radius 2 is 2.29 bits per heavy atom. The van der Waals surface area contributed by atoms with Gasteiger partial charge in [0.1, 0.15) is 5.69 Å². The molecule has 128 valence electrons. The van der Waals surface area contributed by atoms with Crippen LogP contribution in [-0.4, -0.2) is 39.0 Å². The van der Waals surface area contributed by atoms with Crippen molar-refractivity contribution in [2.24, 2.45) is 13.0 Å². The second-order valence-corrected chi connectivity index (χ2v) is 6.23. The first-order chi connectivity index (χ1) is 11.6. The molecule has 1 fully saturated rings. The van der Waals surface area contributed by atoms with E-state index in [4.69, 9.17) is 4.74 Å². The van der Waals surface area contributed by atoms with Gasteiger partial charge in [-0.15, -0.1) is 0 Å². The molecule has 1 aliphatic rings. The largest absolute Gasteiger partial charge is 0.393 e. The number of nitrogens with zero attached hydrogens (tertiary/aromatic N) is 3. The Hall–Kier alpha value is -2.25. The number of pyridine rings is 1. The summed E-state index contributed by atoms with van der Waals surface area (Å²) < 4.78 is 6.77. The van der Waals surface area contributed by atoms with Gasteiger partial charge in [-0.3, -0.25) is 9.48 Å². The second-order valence-electron chi connectivity index (χ2n) is 6.23. The van der Waals surface area contributed by atoms with Gasteiger partial charge in [0.15, 0.2) is 0 Å². The summed E-state index contributed by atoms with van der Waals surface area (Å²) >= 11 is 0. The highest BCUT2D eigenvalue weighted by atomic mass is 16.5. The van der Waals surface area contributed by atoms with Crippen molar-refractivity contribution in [3.63, 3.8) is 0 Å². The number of methoxy groups -OCH3 is 1. The van der Waals surface area contributed by atoms with E-state index in [1.54, 1.807) is 30.1 Å². The Morgan fingerprint density at radius 1 is 1.50 bits per heavy atom. The lowest BCUT2D eigenvalue weighted by atomic mass is 9.75. The summed E-state index contributed by atoms with van der Waals surface area (Å²) in [4.78, 5) is 16.9. The zero-order chi connectivity index (χ0) is 17.1. The first-order valence-corrected chi connectivity index (χ1v) is 7.99. The molecule has 1 saturated carbocycles. The molecule has 0 bridgehead atoms. The van der Waals surface area contributed by atoms with E-state index in [0.29, 0.717) is 30.8 Å². The molecular formula is C17H22N4O3. The van der Waals surface area contributed by atoms with Gasteiger partial charge in [-0.2, -0.15) is 5.10 Å². The molecule has 0 saturated heterocycles. The molecule has 0 aromatic carbocycles. The Labute approximate surface area is 140 Å². The summed E-state index contributed by atoms with van der Waals surface area (Å²) in [5, 5.41) is 16.8. The monoisotopic (exact) mass is 330 g/mol. The maximum absolute atomic E-state index is 12.6. The molecule has 2 aromatic rings. The summed E-state index contributed by atoms with van der Waals surface area (Å²) in [6.07, 6.45) is 4.72. The van der Waals surface area contributed by atoms with Crippen molar-refractivity contribution in [2.45, 2.75) is 31.6 Å². The minimum Gasteiger partial charge on any atom is -0.393 e. The summed E-state index contributed by atoms with van der Waals surface area (Å²) in [7, 11) is 3.43. The second kappa shape index (κ2) is 7.11. The predicted molar refractivity (Wildman–Crippen MR) is 87.1 cm³/mol. The smallest absolute Gasteiger partial charge is 0.270 e. The van der Waals surface area contributed by atoms with Crippen molar-refractivity contribution in [2.75, 3.05) is 7.11 Å². The van der Waals surface area contributed by atoms with Gasteiger partial charge >= 0.3 is 0 Å². The number of carbonyl (C=O) groups is 1. The summed E-state index contributed by atoms with van der Waals surface area (Å²) in [6, 6.07) is 5.12. The number of aromatic nitrogens is 3. The maximum atomic E-state index is 12.6. The number of aliphatic hydroxyl groups excluding tert-OH is 1. The maximum Gasteiger partial charge on any atom is 0.270 e. The normalized spacial score (nSPS) is 21.1. The van der Waals surface area contributed by atoms with Crippen LogP contribution in [0, 0.1) is 5.92 Å². The molecule has 1 aliphatic carbocycles. The molecule has 2 heterocycles. The van der Waals surface area contributed by atoms with Crippen LogP contribution in [-0.2, 0) is 18.4 Å². The van der Waals surface area contributed by atoms with Crippen LogP contribution in [0.2, 0.25) is 0 Å². The molecule has 1 atom stereocenters. The fourth-order valence-electron chi connectivity index (χ4n) is 3.03. The van der Waals surface area contributed by atoms with E-state index in [2.05, 4.69) is 15.4 Å². The molecule has 1 amide bonds. The van der Waals surface area contributed by atoms with E-state index in [1.165, 1.54) is 0 Å². The molecule has 0 unspecified atom stereocenters. The Morgan fingerprint density at radius 3 is 2.92 bits per heavy atom. The number of aliphatic hydroxyl groups is 1. The minimum absolute atomic E-state index is 0.178. The first kappa shape index (κ1) is 16.6. The summed E-state index contributed by atoms with van der Waals surface area (Å²) in [5.74, 6) is -0.0292. The van der Waals surface area contributed by atoms with Crippen molar-refractivity contribution in [1.29, 1.82) is 0 Å². The fourth-order valence-corrected chi connectivity index (χ4v) is 3.03. The van der Waals surface area contributed by atoms with E-state index < -0.39 is 0 Å². The van der Waals surface area contributed by atoms with E-state index >= 15 is 0 Å². The van der Waals surface area contributed by atoms with Crippen LogP contribution < -0.4 is 5.32 Å². The van der Waals surface area contributed by atoms with Crippen LogP contribution in [0.3, 0.4) is 0 Å². The predicted octanol–water partition coefficient (Wildman–Crippen LogP) is 1.20. The van der Waals surface area contributed by atoms with Crippen LogP contribution in [0.25, 0.3) is 0 Å². The molecule has 0 aliphatic heterocycles. The molecule has 7 nitrogen and oxygen atoms in total. The number of carbonyl (C=O) groups excluding carboxylic acids is 1. The quantitative estimate of drug-likeness (QED) is 0.831. The molecule has 7 heteroatoms. The van der Waals surface area contributed by atoms with Gasteiger partial charge in [-0.05, 0) is 30.9 Å².